The molecule has 38 heavy (non-hydrogen) atoms. The van der Waals surface area contributed by atoms with Gasteiger partial charge < -0.3 is 0 Å². The Bertz CT molecular complexity index is 2590. The molecule has 0 aromatic heterocycles. The van der Waals surface area contributed by atoms with Crippen molar-refractivity contribution in [2.45, 2.75) is 0 Å². The number of fused-ring (bicyclic) bond motifs is 10. The van der Waals surface area contributed by atoms with Crippen LogP contribution in [0.25, 0.3) is 86.2 Å². The summed E-state index contributed by atoms with van der Waals surface area (Å²) in [6, 6.07) is 37.7. The maximum atomic E-state index is 13.3. The van der Waals surface area contributed by atoms with Gasteiger partial charge in [-0.1, -0.05) is 91.0 Å². The Morgan fingerprint density at radius 3 is 1.76 bits per heavy atom. The van der Waals surface area contributed by atoms with E-state index in [2.05, 4.69) is 91.0 Å². The fraction of sp³-hybridized carbons (Fsp3) is 0. The molecule has 0 saturated carbocycles. The maximum absolute atomic E-state index is 13.3. The van der Waals surface area contributed by atoms with Crippen molar-refractivity contribution in [1.82, 2.24) is 0 Å². The second-order valence-corrected chi connectivity index (χ2v) is 10.3. The van der Waals surface area contributed by atoms with Gasteiger partial charge >= 0.3 is 0 Å². The van der Waals surface area contributed by atoms with Crippen LogP contribution in [-0.4, -0.2) is 0 Å². The van der Waals surface area contributed by atoms with E-state index in [1.54, 1.807) is 6.07 Å². The van der Waals surface area contributed by atoms with E-state index < -0.39 is 10.9 Å². The number of rotatable bonds is 0. The van der Waals surface area contributed by atoms with Crippen molar-refractivity contribution in [3.8, 4) is 0 Å². The minimum atomic E-state index is -0.462. The molecule has 0 amide bonds. The highest BCUT2D eigenvalue weighted by Crippen LogP contribution is 2.47. The molecule has 9 rings (SSSR count). The van der Waals surface area contributed by atoms with Crippen LogP contribution in [0.2, 0.25) is 0 Å². The predicted octanol–water partition coefficient (Wildman–Crippen LogP) is 8.51. The lowest BCUT2D eigenvalue weighted by atomic mass is 9.84. The fourth-order valence-corrected chi connectivity index (χ4v) is 6.91. The van der Waals surface area contributed by atoms with E-state index in [-0.39, 0.29) is 0 Å². The second-order valence-electron chi connectivity index (χ2n) is 10.3. The average Bonchev–Trinajstić information content (AvgIpc) is 2.96. The third kappa shape index (κ3) is 2.33. The van der Waals surface area contributed by atoms with Crippen LogP contribution in [0.1, 0.15) is 0 Å². The Balaban J connectivity index is 1.72. The zero-order valence-electron chi connectivity index (χ0n) is 20.2. The Morgan fingerprint density at radius 2 is 0.868 bits per heavy atom. The predicted molar refractivity (Wildman–Crippen MR) is 161 cm³/mol. The van der Waals surface area contributed by atoms with E-state index in [1.807, 2.05) is 6.07 Å². The third-order valence-corrected chi connectivity index (χ3v) is 8.50. The first-order valence-corrected chi connectivity index (χ1v) is 12.9. The summed E-state index contributed by atoms with van der Waals surface area (Å²) in [7, 11) is 0. The lowest BCUT2D eigenvalue weighted by Gasteiger charge is -2.19. The topological polar surface area (TPSA) is 34.1 Å². The normalized spacial score (nSPS) is 12.4. The average molecular weight is 483 g/mol. The molecule has 0 aliphatic rings. The largest absolute Gasteiger partial charge is 0.286 e. The summed E-state index contributed by atoms with van der Waals surface area (Å²) in [6.07, 6.45) is 0. The molecule has 0 spiro atoms. The molecule has 0 unspecified atom stereocenters. The molecule has 9 aromatic carbocycles. The molecule has 0 fully saturated rings. The maximum Gasteiger partial charge on any atom is 0.234 e. The van der Waals surface area contributed by atoms with Gasteiger partial charge in [0.15, 0.2) is 0 Å². The first-order chi connectivity index (χ1) is 18.7. The monoisotopic (exact) mass is 482 g/mol. The molecular weight excluding hydrogens is 464 g/mol. The molecule has 0 aliphatic carbocycles. The van der Waals surface area contributed by atoms with Crippen molar-refractivity contribution >= 4 is 86.2 Å². The van der Waals surface area contributed by atoms with Crippen LogP contribution in [0.15, 0.2) is 119 Å². The van der Waals surface area contributed by atoms with E-state index >= 15 is 0 Å². The quantitative estimate of drug-likeness (QED) is 0.123. The van der Waals surface area contributed by atoms with Crippen LogP contribution in [0.5, 0.6) is 0 Å². The van der Waals surface area contributed by atoms with Crippen LogP contribution >= 0.6 is 0 Å². The zero-order valence-corrected chi connectivity index (χ0v) is 20.2. The SMILES string of the molecule is O=c1ccc2ccc3c(cc4c5ccc6ccccc6c5cc5c6cccc7cccc(c76)c3c45)c2c1=O. The molecule has 0 N–H and O–H groups in total. The minimum absolute atomic E-state index is 0.431. The van der Waals surface area contributed by atoms with E-state index in [4.69, 9.17) is 0 Å². The summed E-state index contributed by atoms with van der Waals surface area (Å²) in [5.41, 5.74) is -0.893. The van der Waals surface area contributed by atoms with Gasteiger partial charge in [-0.15, -0.1) is 0 Å². The summed E-state index contributed by atoms with van der Waals surface area (Å²) in [5, 5.41) is 17.4. The minimum Gasteiger partial charge on any atom is -0.286 e. The number of hydrogen-bond donors (Lipinski definition) is 0. The molecular formula is C36H18O2. The van der Waals surface area contributed by atoms with Gasteiger partial charge in [-0.05, 0) is 99.0 Å². The van der Waals surface area contributed by atoms with Crippen LogP contribution in [0, 0.1) is 0 Å². The molecule has 9 aromatic rings. The van der Waals surface area contributed by atoms with Crippen LogP contribution in [0.4, 0.5) is 0 Å². The van der Waals surface area contributed by atoms with Gasteiger partial charge in [-0.2, -0.15) is 0 Å². The Morgan fingerprint density at radius 1 is 0.316 bits per heavy atom. The zero-order chi connectivity index (χ0) is 25.1. The third-order valence-electron chi connectivity index (χ3n) is 8.50. The highest BCUT2D eigenvalue weighted by molar-refractivity contribution is 6.42. The molecule has 0 heterocycles. The summed E-state index contributed by atoms with van der Waals surface area (Å²) in [6.45, 7) is 0. The summed E-state index contributed by atoms with van der Waals surface area (Å²) < 4.78 is 0. The highest BCUT2D eigenvalue weighted by Gasteiger charge is 2.19. The van der Waals surface area contributed by atoms with Gasteiger partial charge in [0.2, 0.25) is 10.9 Å². The molecule has 2 nitrogen and oxygen atoms in total. The smallest absolute Gasteiger partial charge is 0.234 e. The van der Waals surface area contributed by atoms with Gasteiger partial charge in [-0.25, -0.2) is 0 Å². The van der Waals surface area contributed by atoms with Crippen molar-refractivity contribution in [3.05, 3.63) is 130 Å². The van der Waals surface area contributed by atoms with Crippen LogP contribution in [0.3, 0.4) is 0 Å². The Labute approximate surface area is 215 Å². The lowest BCUT2D eigenvalue weighted by Crippen LogP contribution is -2.22. The molecule has 0 atom stereocenters. The van der Waals surface area contributed by atoms with Crippen molar-refractivity contribution in [2.75, 3.05) is 0 Å². The summed E-state index contributed by atoms with van der Waals surface area (Å²) in [4.78, 5) is 25.8. The van der Waals surface area contributed by atoms with Crippen LogP contribution < -0.4 is 10.9 Å². The highest BCUT2D eigenvalue weighted by atomic mass is 16.2. The first kappa shape index (κ1) is 20.0. The molecule has 0 saturated heterocycles. The van der Waals surface area contributed by atoms with Crippen LogP contribution in [-0.2, 0) is 0 Å². The standard InChI is InChI=1S/C36H18O2/c37-31-16-13-21-12-15-25-29(33(21)36(31)38)18-28-23-14-11-19-5-1-2-8-22(19)27(23)17-30-24-9-3-6-20-7-4-10-26(32(20)24)34(25)35(28)30/h1-18H. The van der Waals surface area contributed by atoms with Crippen molar-refractivity contribution in [2.24, 2.45) is 0 Å². The fourth-order valence-electron chi connectivity index (χ4n) is 6.91. The molecule has 2 heteroatoms. The number of benzene rings is 9. The molecule has 174 valence electrons. The molecule has 0 aliphatic heterocycles. The van der Waals surface area contributed by atoms with Crippen molar-refractivity contribution < 1.29 is 0 Å². The van der Waals surface area contributed by atoms with E-state index in [0.29, 0.717) is 5.39 Å². The Kier molecular flexibility index (Phi) is 3.59. The number of hydrogen-bond acceptors (Lipinski definition) is 2. The van der Waals surface area contributed by atoms with E-state index in [0.717, 1.165) is 32.3 Å². The summed E-state index contributed by atoms with van der Waals surface area (Å²) in [5.74, 6) is 0. The van der Waals surface area contributed by atoms with Crippen molar-refractivity contribution in [3.63, 3.8) is 0 Å². The van der Waals surface area contributed by atoms with E-state index in [1.165, 1.54) is 54.5 Å². The van der Waals surface area contributed by atoms with Gasteiger partial charge in [0.25, 0.3) is 0 Å². The molecule has 0 radical (unpaired) electrons. The lowest BCUT2D eigenvalue weighted by molar-refractivity contribution is 1.55. The van der Waals surface area contributed by atoms with Crippen molar-refractivity contribution in [1.29, 1.82) is 0 Å². The second kappa shape index (κ2) is 6.81. The van der Waals surface area contributed by atoms with Gasteiger partial charge in [0, 0.05) is 5.39 Å². The van der Waals surface area contributed by atoms with E-state index in [9.17, 15) is 9.59 Å². The van der Waals surface area contributed by atoms with Gasteiger partial charge in [-0.3, -0.25) is 9.59 Å². The Hall–Kier alpha value is -5.08. The molecule has 0 bridgehead atoms. The van der Waals surface area contributed by atoms with Gasteiger partial charge in [0.1, 0.15) is 0 Å². The van der Waals surface area contributed by atoms with Gasteiger partial charge in [0.05, 0.1) is 0 Å². The summed E-state index contributed by atoms with van der Waals surface area (Å²) >= 11 is 0. The first-order valence-electron chi connectivity index (χ1n) is 12.9.